The molecule has 4 nitrogen and oxygen atoms in total. The summed E-state index contributed by atoms with van der Waals surface area (Å²) in [5.41, 5.74) is 2.82. The van der Waals surface area contributed by atoms with Crippen molar-refractivity contribution in [3.63, 3.8) is 0 Å². The van der Waals surface area contributed by atoms with Gasteiger partial charge in [0, 0.05) is 19.2 Å². The van der Waals surface area contributed by atoms with Crippen LogP contribution in [0.25, 0.3) is 0 Å². The molecule has 1 unspecified atom stereocenters. The van der Waals surface area contributed by atoms with Crippen molar-refractivity contribution in [3.8, 4) is 0 Å². The number of nitrogens with one attached hydrogen (secondary N) is 2. The molecule has 1 amide bonds. The largest absolute Gasteiger partial charge is 0.381 e. The zero-order valence-corrected chi connectivity index (χ0v) is 16.2. The highest BCUT2D eigenvalue weighted by Crippen LogP contribution is 2.22. The van der Waals surface area contributed by atoms with Gasteiger partial charge in [0.1, 0.15) is 0 Å². The number of amides is 1. The lowest BCUT2D eigenvalue weighted by atomic mass is 10.1. The van der Waals surface area contributed by atoms with Crippen molar-refractivity contribution < 1.29 is 9.53 Å². The number of anilines is 2. The Hall–Kier alpha value is -2.85. The van der Waals surface area contributed by atoms with Gasteiger partial charge in [0.25, 0.3) is 0 Å². The van der Waals surface area contributed by atoms with Crippen molar-refractivity contribution in [2.75, 3.05) is 17.7 Å². The maximum Gasteiger partial charge on any atom is 0.248 e. The Morgan fingerprint density at radius 2 is 1.67 bits per heavy atom. The molecule has 0 aliphatic heterocycles. The highest BCUT2D eigenvalue weighted by Gasteiger charge is 2.07. The fourth-order valence-electron chi connectivity index (χ4n) is 2.66. The SMILES string of the molecule is COC(C/C=C/C=C/C(=O)Nc1ccccc1NC(C)C)c1ccccc1. The summed E-state index contributed by atoms with van der Waals surface area (Å²) in [6, 6.07) is 18.1. The fourth-order valence-corrected chi connectivity index (χ4v) is 2.66. The van der Waals surface area contributed by atoms with Crippen LogP contribution in [0.2, 0.25) is 0 Å². The van der Waals surface area contributed by atoms with E-state index in [1.165, 1.54) is 6.08 Å². The fraction of sp³-hybridized carbons (Fsp3) is 0.261. The van der Waals surface area contributed by atoms with E-state index in [2.05, 4.69) is 24.5 Å². The summed E-state index contributed by atoms with van der Waals surface area (Å²) in [5.74, 6) is -0.163. The number of allylic oxidation sites excluding steroid dienone is 2. The molecule has 0 bridgehead atoms. The predicted octanol–water partition coefficient (Wildman–Crippen LogP) is 5.34. The van der Waals surface area contributed by atoms with Gasteiger partial charge in [-0.3, -0.25) is 4.79 Å². The summed E-state index contributed by atoms with van der Waals surface area (Å²) in [4.78, 5) is 12.1. The number of benzene rings is 2. The second-order valence-corrected chi connectivity index (χ2v) is 6.49. The molecule has 0 fully saturated rings. The van der Waals surface area contributed by atoms with Gasteiger partial charge in [-0.2, -0.15) is 0 Å². The number of hydrogen-bond donors (Lipinski definition) is 2. The molecule has 0 saturated carbocycles. The van der Waals surface area contributed by atoms with Gasteiger partial charge in [0.15, 0.2) is 0 Å². The lowest BCUT2D eigenvalue weighted by molar-refractivity contribution is -0.111. The number of carbonyl (C=O) groups is 1. The Balaban J connectivity index is 1.87. The molecule has 1 atom stereocenters. The van der Waals surface area contributed by atoms with Crippen molar-refractivity contribution in [1.29, 1.82) is 0 Å². The molecule has 27 heavy (non-hydrogen) atoms. The first-order valence-electron chi connectivity index (χ1n) is 9.17. The van der Waals surface area contributed by atoms with Gasteiger partial charge in [-0.05, 0) is 38.0 Å². The van der Waals surface area contributed by atoms with Gasteiger partial charge < -0.3 is 15.4 Å². The summed E-state index contributed by atoms with van der Waals surface area (Å²) in [6.45, 7) is 4.12. The van der Waals surface area contributed by atoms with E-state index in [0.29, 0.717) is 6.04 Å². The average molecular weight is 364 g/mol. The van der Waals surface area contributed by atoms with Crippen LogP contribution in [0.3, 0.4) is 0 Å². The Kier molecular flexibility index (Phi) is 8.33. The second-order valence-electron chi connectivity index (χ2n) is 6.49. The lowest BCUT2D eigenvalue weighted by Crippen LogP contribution is -2.14. The molecule has 2 N–H and O–H groups in total. The van der Waals surface area contributed by atoms with E-state index in [9.17, 15) is 4.79 Å². The third-order valence-corrected chi connectivity index (χ3v) is 3.93. The van der Waals surface area contributed by atoms with Crippen LogP contribution in [0, 0.1) is 0 Å². The number of rotatable bonds is 9. The van der Waals surface area contributed by atoms with Crippen molar-refractivity contribution in [3.05, 3.63) is 84.5 Å². The smallest absolute Gasteiger partial charge is 0.248 e. The van der Waals surface area contributed by atoms with E-state index in [-0.39, 0.29) is 12.0 Å². The summed E-state index contributed by atoms with van der Waals surface area (Å²) in [6.07, 6.45) is 7.89. The van der Waals surface area contributed by atoms with Crippen molar-refractivity contribution in [1.82, 2.24) is 0 Å². The molecule has 2 aromatic rings. The Morgan fingerprint density at radius 3 is 2.33 bits per heavy atom. The zero-order valence-electron chi connectivity index (χ0n) is 16.2. The van der Waals surface area contributed by atoms with Crippen LogP contribution >= 0.6 is 0 Å². The first-order valence-corrected chi connectivity index (χ1v) is 9.17. The second kappa shape index (κ2) is 11.0. The van der Waals surface area contributed by atoms with E-state index >= 15 is 0 Å². The van der Waals surface area contributed by atoms with Crippen LogP contribution in [0.5, 0.6) is 0 Å². The first-order chi connectivity index (χ1) is 13.1. The molecule has 0 aromatic heterocycles. The minimum atomic E-state index is -0.163. The molecular formula is C23H28N2O2. The maximum absolute atomic E-state index is 12.1. The molecule has 4 heteroatoms. The highest BCUT2D eigenvalue weighted by molar-refractivity contribution is 6.01. The topological polar surface area (TPSA) is 50.4 Å². The van der Waals surface area contributed by atoms with Gasteiger partial charge in [0.05, 0.1) is 17.5 Å². The van der Waals surface area contributed by atoms with Crippen LogP contribution in [0.4, 0.5) is 11.4 Å². The lowest BCUT2D eigenvalue weighted by Gasteiger charge is -2.14. The monoisotopic (exact) mass is 364 g/mol. The quantitative estimate of drug-likeness (QED) is 0.467. The summed E-state index contributed by atoms with van der Waals surface area (Å²) < 4.78 is 5.53. The van der Waals surface area contributed by atoms with Crippen LogP contribution in [0.15, 0.2) is 78.9 Å². The van der Waals surface area contributed by atoms with Gasteiger partial charge in [-0.25, -0.2) is 0 Å². The third kappa shape index (κ3) is 7.12. The molecule has 2 aromatic carbocycles. The van der Waals surface area contributed by atoms with Crippen LogP contribution in [-0.2, 0) is 9.53 Å². The van der Waals surface area contributed by atoms with Gasteiger partial charge >= 0.3 is 0 Å². The summed E-state index contributed by atoms with van der Waals surface area (Å²) in [5, 5.41) is 6.23. The van der Waals surface area contributed by atoms with E-state index < -0.39 is 0 Å². The molecular weight excluding hydrogens is 336 g/mol. The van der Waals surface area contributed by atoms with Gasteiger partial charge in [-0.1, -0.05) is 60.7 Å². The minimum absolute atomic E-state index is 0.0126. The molecule has 0 heterocycles. The molecule has 0 aliphatic rings. The molecule has 0 aliphatic carbocycles. The average Bonchev–Trinajstić information content (AvgIpc) is 2.66. The summed E-state index contributed by atoms with van der Waals surface area (Å²) >= 11 is 0. The number of methoxy groups -OCH3 is 1. The zero-order chi connectivity index (χ0) is 19.5. The first kappa shape index (κ1) is 20.5. The van der Waals surface area contributed by atoms with E-state index in [1.807, 2.05) is 66.7 Å². The molecule has 0 radical (unpaired) electrons. The van der Waals surface area contributed by atoms with Crippen LogP contribution < -0.4 is 10.6 Å². The van der Waals surface area contributed by atoms with Crippen molar-refractivity contribution in [2.24, 2.45) is 0 Å². The third-order valence-electron chi connectivity index (χ3n) is 3.93. The Bertz CT molecular complexity index is 767. The van der Waals surface area contributed by atoms with Gasteiger partial charge in [0.2, 0.25) is 5.91 Å². The number of carbonyl (C=O) groups excluding carboxylic acids is 1. The van der Waals surface area contributed by atoms with Gasteiger partial charge in [-0.15, -0.1) is 0 Å². The van der Waals surface area contributed by atoms with E-state index in [1.54, 1.807) is 13.2 Å². The molecule has 2 rings (SSSR count). The molecule has 0 saturated heterocycles. The number of para-hydroxylation sites is 2. The van der Waals surface area contributed by atoms with Crippen molar-refractivity contribution >= 4 is 17.3 Å². The number of ether oxygens (including phenoxy) is 1. The summed E-state index contributed by atoms with van der Waals surface area (Å²) in [7, 11) is 1.71. The number of hydrogen-bond acceptors (Lipinski definition) is 3. The Labute approximate surface area is 161 Å². The molecule has 0 spiro atoms. The highest BCUT2D eigenvalue weighted by atomic mass is 16.5. The van der Waals surface area contributed by atoms with Crippen LogP contribution in [0.1, 0.15) is 31.9 Å². The maximum atomic E-state index is 12.1. The van der Waals surface area contributed by atoms with E-state index in [0.717, 1.165) is 23.4 Å². The minimum Gasteiger partial charge on any atom is -0.381 e. The Morgan fingerprint density at radius 1 is 1.00 bits per heavy atom. The predicted molar refractivity (Wildman–Crippen MR) is 113 cm³/mol. The normalized spacial score (nSPS) is 12.6. The van der Waals surface area contributed by atoms with Crippen molar-refractivity contribution in [2.45, 2.75) is 32.4 Å². The standard InChI is InChI=1S/C23H28N2O2/c1-18(2)24-20-14-10-11-15-21(20)25-23(26)17-9-5-8-16-22(27-3)19-12-6-4-7-13-19/h4-15,17-18,22,24H,16H2,1-3H3,(H,25,26)/b8-5+,17-9+. The van der Waals surface area contributed by atoms with E-state index in [4.69, 9.17) is 4.74 Å². The van der Waals surface area contributed by atoms with Crippen LogP contribution in [-0.4, -0.2) is 19.1 Å². The molecule has 142 valence electrons.